The van der Waals surface area contributed by atoms with Gasteiger partial charge in [0.15, 0.2) is 0 Å². The van der Waals surface area contributed by atoms with E-state index in [-0.39, 0.29) is 5.91 Å². The molecule has 1 aliphatic carbocycles. The van der Waals surface area contributed by atoms with Crippen molar-refractivity contribution in [2.24, 2.45) is 5.73 Å². The molecule has 0 bridgehead atoms. The lowest BCUT2D eigenvalue weighted by atomic mass is 10.1. The number of nitrogens with one attached hydrogen (secondary N) is 1. The fraction of sp³-hybridized carbons (Fsp3) is 0.250. The summed E-state index contributed by atoms with van der Waals surface area (Å²) in [7, 11) is 0. The van der Waals surface area contributed by atoms with Gasteiger partial charge in [0.2, 0.25) is 0 Å². The smallest absolute Gasteiger partial charge is 0.251 e. The summed E-state index contributed by atoms with van der Waals surface area (Å²) in [6.07, 6.45) is 13.8. The number of rotatable bonds is 4. The van der Waals surface area contributed by atoms with Gasteiger partial charge in [-0.25, -0.2) is 0 Å². The van der Waals surface area contributed by atoms with E-state index in [0.717, 1.165) is 6.42 Å². The normalized spacial score (nSPS) is 24.2. The molecule has 3 N–H and O–H groups in total. The van der Waals surface area contributed by atoms with Crippen LogP contribution >= 0.6 is 0 Å². The molecular weight excluding hydrogens is 188 g/mol. The molecule has 0 aliphatic heterocycles. The van der Waals surface area contributed by atoms with E-state index in [1.54, 1.807) is 12.2 Å². The Hall–Kier alpha value is -1.61. The molecular formula is C12H16N2O. The van der Waals surface area contributed by atoms with Crippen LogP contribution in [-0.4, -0.2) is 19.0 Å². The van der Waals surface area contributed by atoms with E-state index in [9.17, 15) is 4.79 Å². The van der Waals surface area contributed by atoms with E-state index < -0.39 is 0 Å². The van der Waals surface area contributed by atoms with Gasteiger partial charge in [0.25, 0.3) is 5.91 Å². The average Bonchev–Trinajstić information content (AvgIpc) is 2.17. The van der Waals surface area contributed by atoms with Crippen molar-refractivity contribution >= 4 is 5.91 Å². The van der Waals surface area contributed by atoms with Crippen LogP contribution in [0.1, 0.15) is 6.42 Å². The fourth-order valence-electron chi connectivity index (χ4n) is 1.12. The highest BCUT2D eigenvalue weighted by Crippen LogP contribution is 2.01. The summed E-state index contributed by atoms with van der Waals surface area (Å²) in [4.78, 5) is 11.6. The van der Waals surface area contributed by atoms with Crippen LogP contribution in [0.5, 0.6) is 0 Å². The molecule has 0 aromatic carbocycles. The van der Waals surface area contributed by atoms with Crippen molar-refractivity contribution in [3.05, 3.63) is 48.1 Å². The number of carbonyl (C=O) groups is 1. The van der Waals surface area contributed by atoms with E-state index in [1.165, 1.54) is 0 Å². The van der Waals surface area contributed by atoms with Crippen molar-refractivity contribution < 1.29 is 4.79 Å². The van der Waals surface area contributed by atoms with Crippen LogP contribution in [0, 0.1) is 0 Å². The molecule has 0 saturated carbocycles. The van der Waals surface area contributed by atoms with E-state index in [1.807, 2.05) is 30.4 Å². The standard InChI is InChI=1S/C12H16N2O/c13-9-6-10-14-12(15)11-7-4-2-1-3-5-8-11/h1-5,7-8H,6,9-10,13H2,(H,14,15)/b2-1-,3-1?,4-2?,5-3-,7-4-,8-5?,11-7?,11-8+. The maximum atomic E-state index is 11.6. The molecule has 3 nitrogen and oxygen atoms in total. The lowest BCUT2D eigenvalue weighted by Crippen LogP contribution is -2.26. The molecule has 0 aromatic heterocycles. The van der Waals surface area contributed by atoms with Crippen molar-refractivity contribution in [1.82, 2.24) is 5.32 Å². The van der Waals surface area contributed by atoms with E-state index in [2.05, 4.69) is 5.32 Å². The van der Waals surface area contributed by atoms with Gasteiger partial charge in [0, 0.05) is 12.1 Å². The van der Waals surface area contributed by atoms with Crippen LogP contribution in [-0.2, 0) is 4.79 Å². The lowest BCUT2D eigenvalue weighted by molar-refractivity contribution is -0.117. The Labute approximate surface area is 90.0 Å². The predicted molar refractivity (Wildman–Crippen MR) is 62.2 cm³/mol. The van der Waals surface area contributed by atoms with Gasteiger partial charge in [-0.15, -0.1) is 0 Å². The van der Waals surface area contributed by atoms with E-state index in [0.29, 0.717) is 18.7 Å². The third-order valence-corrected chi connectivity index (χ3v) is 1.92. The van der Waals surface area contributed by atoms with Gasteiger partial charge in [0.05, 0.1) is 0 Å². The molecule has 0 aromatic rings. The van der Waals surface area contributed by atoms with E-state index in [4.69, 9.17) is 5.73 Å². The fourth-order valence-corrected chi connectivity index (χ4v) is 1.12. The van der Waals surface area contributed by atoms with Gasteiger partial charge < -0.3 is 11.1 Å². The Morgan fingerprint density at radius 1 is 1.20 bits per heavy atom. The van der Waals surface area contributed by atoms with Gasteiger partial charge in [-0.3, -0.25) is 4.79 Å². The number of allylic oxidation sites excluding steroid dienone is 6. The first-order valence-corrected chi connectivity index (χ1v) is 5.04. The number of amides is 1. The second-order valence-electron chi connectivity index (χ2n) is 3.15. The molecule has 15 heavy (non-hydrogen) atoms. The summed E-state index contributed by atoms with van der Waals surface area (Å²) in [6, 6.07) is 0. The van der Waals surface area contributed by atoms with Crippen molar-refractivity contribution in [2.75, 3.05) is 13.1 Å². The Bertz CT molecular complexity index is 325. The molecule has 1 rings (SSSR count). The third-order valence-electron chi connectivity index (χ3n) is 1.92. The minimum absolute atomic E-state index is 0.0559. The maximum Gasteiger partial charge on any atom is 0.251 e. The highest BCUT2D eigenvalue weighted by Gasteiger charge is 2.03. The number of hydrogen-bond acceptors (Lipinski definition) is 2. The summed E-state index contributed by atoms with van der Waals surface area (Å²) < 4.78 is 0. The van der Waals surface area contributed by atoms with Crippen LogP contribution in [0.3, 0.4) is 0 Å². The zero-order valence-corrected chi connectivity index (χ0v) is 8.65. The number of nitrogens with two attached hydrogens (primary N) is 1. The van der Waals surface area contributed by atoms with Crippen molar-refractivity contribution in [2.45, 2.75) is 6.42 Å². The van der Waals surface area contributed by atoms with Crippen molar-refractivity contribution in [3.63, 3.8) is 0 Å². The molecule has 0 atom stereocenters. The number of carbonyl (C=O) groups excluding carboxylic acids is 1. The molecule has 0 unspecified atom stereocenters. The Morgan fingerprint density at radius 2 is 1.93 bits per heavy atom. The third kappa shape index (κ3) is 4.42. The van der Waals surface area contributed by atoms with Crippen LogP contribution in [0.4, 0.5) is 0 Å². The van der Waals surface area contributed by atoms with Gasteiger partial charge in [-0.05, 0) is 25.1 Å². The summed E-state index contributed by atoms with van der Waals surface area (Å²) in [5.41, 5.74) is 6.00. The van der Waals surface area contributed by atoms with Gasteiger partial charge in [-0.2, -0.15) is 0 Å². The second-order valence-corrected chi connectivity index (χ2v) is 3.15. The summed E-state index contributed by atoms with van der Waals surface area (Å²) >= 11 is 0. The zero-order chi connectivity index (χ0) is 10.9. The largest absolute Gasteiger partial charge is 0.352 e. The predicted octanol–water partition coefficient (Wildman–Crippen LogP) is 1.06. The Kier molecular flexibility index (Phi) is 5.19. The molecule has 1 amide bonds. The van der Waals surface area contributed by atoms with Gasteiger partial charge in [0.1, 0.15) is 0 Å². The first kappa shape index (κ1) is 11.5. The van der Waals surface area contributed by atoms with Gasteiger partial charge >= 0.3 is 0 Å². The summed E-state index contributed by atoms with van der Waals surface area (Å²) in [5.74, 6) is -0.0559. The summed E-state index contributed by atoms with van der Waals surface area (Å²) in [5, 5.41) is 2.81. The topological polar surface area (TPSA) is 55.1 Å². The average molecular weight is 204 g/mol. The minimum Gasteiger partial charge on any atom is -0.352 e. The van der Waals surface area contributed by atoms with Gasteiger partial charge in [-0.1, -0.05) is 30.4 Å². The Morgan fingerprint density at radius 3 is 2.73 bits per heavy atom. The molecule has 0 radical (unpaired) electrons. The molecule has 0 spiro atoms. The van der Waals surface area contributed by atoms with Crippen molar-refractivity contribution in [1.29, 1.82) is 0 Å². The molecule has 3 heteroatoms. The molecule has 0 saturated heterocycles. The minimum atomic E-state index is -0.0559. The number of hydrogen-bond donors (Lipinski definition) is 2. The molecule has 1 aliphatic rings. The van der Waals surface area contributed by atoms with Crippen molar-refractivity contribution in [3.8, 4) is 0 Å². The monoisotopic (exact) mass is 204 g/mol. The second kappa shape index (κ2) is 6.79. The Balaban J connectivity index is 2.51. The molecule has 0 heterocycles. The lowest BCUT2D eigenvalue weighted by Gasteiger charge is -2.04. The van der Waals surface area contributed by atoms with E-state index >= 15 is 0 Å². The first-order chi connectivity index (χ1) is 7.34. The van der Waals surface area contributed by atoms with Crippen LogP contribution in [0.15, 0.2) is 48.1 Å². The molecule has 0 fully saturated rings. The molecule has 80 valence electrons. The van der Waals surface area contributed by atoms with Crippen LogP contribution < -0.4 is 11.1 Å². The van der Waals surface area contributed by atoms with Crippen LogP contribution in [0.2, 0.25) is 0 Å². The zero-order valence-electron chi connectivity index (χ0n) is 8.65. The maximum absolute atomic E-state index is 11.6. The first-order valence-electron chi connectivity index (χ1n) is 5.04. The quantitative estimate of drug-likeness (QED) is 0.673. The summed E-state index contributed by atoms with van der Waals surface area (Å²) in [6.45, 7) is 1.22. The highest BCUT2D eigenvalue weighted by molar-refractivity contribution is 5.96. The van der Waals surface area contributed by atoms with Crippen LogP contribution in [0.25, 0.3) is 0 Å². The SMILES string of the molecule is NCCCNC(=O)C1=C/C=C\C=C/C=C\1. The highest BCUT2D eigenvalue weighted by atomic mass is 16.1.